The van der Waals surface area contributed by atoms with Gasteiger partial charge in [-0.1, -0.05) is 32.0 Å². The molecule has 164 valence electrons. The second kappa shape index (κ2) is 10.1. The predicted molar refractivity (Wildman–Crippen MR) is 121 cm³/mol. The third-order valence-electron chi connectivity index (χ3n) is 5.21. The van der Waals surface area contributed by atoms with E-state index in [1.54, 1.807) is 13.2 Å². The maximum Gasteiger partial charge on any atom is 0.274 e. The van der Waals surface area contributed by atoms with Gasteiger partial charge in [-0.2, -0.15) is 5.10 Å². The molecule has 2 aromatic carbocycles. The number of nitrogens with zero attached hydrogens (tertiary/aromatic N) is 2. The van der Waals surface area contributed by atoms with Crippen LogP contribution in [0.15, 0.2) is 53.3 Å². The van der Waals surface area contributed by atoms with E-state index in [0.29, 0.717) is 35.4 Å². The number of aryl methyl sites for hydroxylation is 1. The van der Waals surface area contributed by atoms with Gasteiger partial charge in [-0.3, -0.25) is 9.59 Å². The summed E-state index contributed by atoms with van der Waals surface area (Å²) in [4.78, 5) is 25.3. The maximum absolute atomic E-state index is 12.8. The molecule has 0 spiro atoms. The van der Waals surface area contributed by atoms with Gasteiger partial charge in [0.25, 0.3) is 5.56 Å². The second-order valence-corrected chi connectivity index (χ2v) is 7.69. The summed E-state index contributed by atoms with van der Waals surface area (Å²) in [6.45, 7) is 6.72. The first-order valence-corrected chi connectivity index (χ1v) is 10.5. The molecule has 3 rings (SSSR count). The molecule has 0 aliphatic heterocycles. The van der Waals surface area contributed by atoms with E-state index >= 15 is 0 Å². The zero-order valence-corrected chi connectivity index (χ0v) is 18.4. The number of hydrogen-bond acceptors (Lipinski definition) is 5. The van der Waals surface area contributed by atoms with Gasteiger partial charge in [-0.15, -0.1) is 0 Å². The highest BCUT2D eigenvalue weighted by Gasteiger charge is 2.19. The highest BCUT2D eigenvalue weighted by molar-refractivity contribution is 5.88. The van der Waals surface area contributed by atoms with Crippen molar-refractivity contribution in [1.82, 2.24) is 15.1 Å². The van der Waals surface area contributed by atoms with E-state index in [2.05, 4.69) is 10.4 Å². The molecular formula is C24H29N3O4. The summed E-state index contributed by atoms with van der Waals surface area (Å²) in [7, 11) is 1.62. The Morgan fingerprint density at radius 3 is 2.32 bits per heavy atom. The quantitative estimate of drug-likeness (QED) is 0.572. The molecule has 0 fully saturated rings. The number of ether oxygens (including phenoxy) is 2. The molecule has 31 heavy (non-hydrogen) atoms. The molecule has 1 aromatic heterocycles. The zero-order chi connectivity index (χ0) is 22.4. The van der Waals surface area contributed by atoms with E-state index in [1.165, 1.54) is 4.68 Å². The summed E-state index contributed by atoms with van der Waals surface area (Å²) in [6.07, 6.45) is 0.0898. The van der Waals surface area contributed by atoms with Crippen molar-refractivity contribution in [3.63, 3.8) is 0 Å². The molecule has 0 aliphatic rings. The van der Waals surface area contributed by atoms with Gasteiger partial charge in [-0.05, 0) is 43.2 Å². The third-order valence-corrected chi connectivity index (χ3v) is 5.21. The van der Waals surface area contributed by atoms with Crippen molar-refractivity contribution in [2.24, 2.45) is 5.92 Å². The molecule has 7 nitrogen and oxygen atoms in total. The Hall–Kier alpha value is -3.35. The lowest BCUT2D eigenvalue weighted by atomic mass is 10.0. The Balaban J connectivity index is 1.71. The molecule has 0 bridgehead atoms. The van der Waals surface area contributed by atoms with Crippen LogP contribution < -0.4 is 20.3 Å². The Kier molecular flexibility index (Phi) is 7.28. The first-order chi connectivity index (χ1) is 14.9. The van der Waals surface area contributed by atoms with Gasteiger partial charge in [-0.25, -0.2) is 4.68 Å². The van der Waals surface area contributed by atoms with E-state index < -0.39 is 0 Å². The summed E-state index contributed by atoms with van der Waals surface area (Å²) >= 11 is 0. The lowest BCUT2D eigenvalue weighted by Gasteiger charge is -2.23. The molecule has 0 unspecified atom stereocenters. The Labute approximate surface area is 182 Å². The van der Waals surface area contributed by atoms with Gasteiger partial charge < -0.3 is 14.8 Å². The van der Waals surface area contributed by atoms with Crippen molar-refractivity contribution in [2.75, 3.05) is 13.7 Å². The van der Waals surface area contributed by atoms with Gasteiger partial charge in [0.2, 0.25) is 5.91 Å². The highest BCUT2D eigenvalue weighted by Crippen LogP contribution is 2.18. The third kappa shape index (κ3) is 5.42. The fourth-order valence-corrected chi connectivity index (χ4v) is 3.32. The summed E-state index contributed by atoms with van der Waals surface area (Å²) in [6, 6.07) is 14.4. The van der Waals surface area contributed by atoms with Crippen molar-refractivity contribution in [2.45, 2.75) is 39.8 Å². The van der Waals surface area contributed by atoms with E-state index in [0.717, 1.165) is 5.75 Å². The molecule has 0 saturated heterocycles. The number of carbonyl (C=O) groups excluding carboxylic acids is 1. The molecule has 1 N–H and O–H groups in total. The summed E-state index contributed by atoms with van der Waals surface area (Å²) < 4.78 is 12.4. The SMILES string of the molecule is CCn1nc(CC(=O)N[C@H](COc2ccc(OC)cc2)C(C)C)c2ccccc2c1=O. The number of methoxy groups -OCH3 is 1. The van der Waals surface area contributed by atoms with Crippen LogP contribution in [0.4, 0.5) is 0 Å². The number of amides is 1. The lowest BCUT2D eigenvalue weighted by molar-refractivity contribution is -0.121. The highest BCUT2D eigenvalue weighted by atomic mass is 16.5. The van der Waals surface area contributed by atoms with Crippen LogP contribution in [-0.2, 0) is 17.8 Å². The minimum Gasteiger partial charge on any atom is -0.497 e. The minimum atomic E-state index is -0.169. The largest absolute Gasteiger partial charge is 0.497 e. The molecular weight excluding hydrogens is 394 g/mol. The van der Waals surface area contributed by atoms with Crippen LogP contribution in [0.1, 0.15) is 26.5 Å². The molecule has 3 aromatic rings. The second-order valence-electron chi connectivity index (χ2n) is 7.69. The Morgan fingerprint density at radius 2 is 1.71 bits per heavy atom. The van der Waals surface area contributed by atoms with Crippen LogP contribution in [0.2, 0.25) is 0 Å². The van der Waals surface area contributed by atoms with E-state index in [-0.39, 0.29) is 29.8 Å². The fraction of sp³-hybridized carbons (Fsp3) is 0.375. The molecule has 0 aliphatic carbocycles. The minimum absolute atomic E-state index is 0.0898. The van der Waals surface area contributed by atoms with Crippen LogP contribution in [0.25, 0.3) is 10.8 Å². The smallest absolute Gasteiger partial charge is 0.274 e. The number of nitrogens with one attached hydrogen (secondary N) is 1. The first-order valence-electron chi connectivity index (χ1n) is 10.5. The van der Waals surface area contributed by atoms with Crippen LogP contribution >= 0.6 is 0 Å². The van der Waals surface area contributed by atoms with Crippen LogP contribution in [0.3, 0.4) is 0 Å². The van der Waals surface area contributed by atoms with Gasteiger partial charge >= 0.3 is 0 Å². The standard InChI is InChI=1S/C24H29N3O4/c1-5-27-24(29)20-9-7-6-8-19(20)21(26-27)14-23(28)25-22(16(2)3)15-31-18-12-10-17(30-4)11-13-18/h6-13,16,22H,5,14-15H2,1-4H3,(H,25,28)/t22-/m1/s1. The monoisotopic (exact) mass is 423 g/mol. The molecule has 7 heteroatoms. The summed E-state index contributed by atoms with van der Waals surface area (Å²) in [5.41, 5.74) is 0.448. The van der Waals surface area contributed by atoms with Crippen molar-refractivity contribution in [3.8, 4) is 11.5 Å². The Bertz CT molecular complexity index is 1090. The topological polar surface area (TPSA) is 82.5 Å². The summed E-state index contributed by atoms with van der Waals surface area (Å²) in [5, 5.41) is 8.77. The Morgan fingerprint density at radius 1 is 1.06 bits per heavy atom. The predicted octanol–water partition coefficient (Wildman–Crippen LogP) is 3.19. The average Bonchev–Trinajstić information content (AvgIpc) is 2.78. The van der Waals surface area contributed by atoms with Gasteiger partial charge in [0.15, 0.2) is 0 Å². The molecule has 1 atom stereocenters. The number of rotatable bonds is 9. The van der Waals surface area contributed by atoms with Crippen LogP contribution in [-0.4, -0.2) is 35.4 Å². The number of hydrogen-bond donors (Lipinski definition) is 1. The van der Waals surface area contributed by atoms with Crippen LogP contribution in [0, 0.1) is 5.92 Å². The zero-order valence-electron chi connectivity index (χ0n) is 18.4. The van der Waals surface area contributed by atoms with Crippen molar-refractivity contribution < 1.29 is 14.3 Å². The number of carbonyl (C=O) groups is 1. The van der Waals surface area contributed by atoms with Crippen molar-refractivity contribution in [3.05, 3.63) is 64.6 Å². The first kappa shape index (κ1) is 22.3. The number of benzene rings is 2. The van der Waals surface area contributed by atoms with Crippen molar-refractivity contribution in [1.29, 1.82) is 0 Å². The van der Waals surface area contributed by atoms with E-state index in [1.807, 2.05) is 63.2 Å². The summed E-state index contributed by atoms with van der Waals surface area (Å²) in [5.74, 6) is 1.49. The van der Waals surface area contributed by atoms with E-state index in [4.69, 9.17) is 9.47 Å². The molecule has 1 heterocycles. The number of aromatic nitrogens is 2. The normalized spacial score (nSPS) is 12.0. The van der Waals surface area contributed by atoms with Gasteiger partial charge in [0.05, 0.1) is 30.7 Å². The fourth-order valence-electron chi connectivity index (χ4n) is 3.32. The molecule has 1 amide bonds. The van der Waals surface area contributed by atoms with Crippen LogP contribution in [0.5, 0.6) is 11.5 Å². The number of fused-ring (bicyclic) bond motifs is 1. The average molecular weight is 424 g/mol. The molecule has 0 saturated carbocycles. The van der Waals surface area contributed by atoms with Crippen molar-refractivity contribution >= 4 is 16.7 Å². The molecule has 0 radical (unpaired) electrons. The van der Waals surface area contributed by atoms with Gasteiger partial charge in [0.1, 0.15) is 18.1 Å². The lowest BCUT2D eigenvalue weighted by Crippen LogP contribution is -2.43. The van der Waals surface area contributed by atoms with E-state index in [9.17, 15) is 9.59 Å². The van der Waals surface area contributed by atoms with Gasteiger partial charge in [0, 0.05) is 11.9 Å². The maximum atomic E-state index is 12.8.